The third kappa shape index (κ3) is 5.38. The summed E-state index contributed by atoms with van der Waals surface area (Å²) in [5.74, 6) is -2.59. The molecule has 0 fully saturated rings. The lowest BCUT2D eigenvalue weighted by Crippen LogP contribution is -2.24. The maximum atomic E-state index is 14.6. The van der Waals surface area contributed by atoms with Crippen LogP contribution in [-0.2, 0) is 4.79 Å². The third-order valence-electron chi connectivity index (χ3n) is 5.94. The lowest BCUT2D eigenvalue weighted by molar-refractivity contribution is -0.120. The van der Waals surface area contributed by atoms with E-state index >= 15 is 0 Å². The molecule has 0 saturated heterocycles. The SMILES string of the molecule is COc1ccc(Cl)cc1C(C(=O)C(c1cccc(F)c1)c1cc(Cl)ccc1OC)c1cccc(F)c1. The Morgan fingerprint density at radius 1 is 0.667 bits per heavy atom. The second-order valence-electron chi connectivity index (χ2n) is 8.15. The smallest absolute Gasteiger partial charge is 0.156 e. The molecule has 0 spiro atoms. The highest BCUT2D eigenvalue weighted by molar-refractivity contribution is 6.31. The normalized spacial score (nSPS) is 12.6. The second kappa shape index (κ2) is 11.1. The number of carbonyl (C=O) groups excluding carboxylic acids is 1. The molecule has 4 aromatic rings. The zero-order chi connectivity index (χ0) is 25.8. The quantitative estimate of drug-likeness (QED) is 0.234. The van der Waals surface area contributed by atoms with Gasteiger partial charge in [0.25, 0.3) is 0 Å². The molecule has 0 radical (unpaired) electrons. The molecule has 36 heavy (non-hydrogen) atoms. The number of halogens is 4. The van der Waals surface area contributed by atoms with Crippen molar-refractivity contribution in [1.29, 1.82) is 0 Å². The van der Waals surface area contributed by atoms with Gasteiger partial charge in [-0.2, -0.15) is 0 Å². The summed E-state index contributed by atoms with van der Waals surface area (Å²) >= 11 is 12.6. The summed E-state index contributed by atoms with van der Waals surface area (Å²) in [6, 6.07) is 21.4. The minimum atomic E-state index is -1.01. The Morgan fingerprint density at radius 2 is 1.08 bits per heavy atom. The highest BCUT2D eigenvalue weighted by Crippen LogP contribution is 2.43. The zero-order valence-electron chi connectivity index (χ0n) is 19.5. The van der Waals surface area contributed by atoms with Crippen molar-refractivity contribution in [2.45, 2.75) is 11.8 Å². The average molecular weight is 527 g/mol. The maximum Gasteiger partial charge on any atom is 0.156 e. The van der Waals surface area contributed by atoms with E-state index < -0.39 is 23.5 Å². The van der Waals surface area contributed by atoms with E-state index in [1.54, 1.807) is 48.5 Å². The molecule has 0 N–H and O–H groups in total. The number of rotatable bonds is 8. The van der Waals surface area contributed by atoms with Gasteiger partial charge >= 0.3 is 0 Å². The molecule has 0 aliphatic rings. The Hall–Kier alpha value is -3.41. The highest BCUT2D eigenvalue weighted by atomic mass is 35.5. The fraction of sp³-hybridized carbons (Fsp3) is 0.138. The van der Waals surface area contributed by atoms with Crippen LogP contribution in [-0.4, -0.2) is 20.0 Å². The molecule has 0 aromatic heterocycles. The van der Waals surface area contributed by atoms with E-state index in [2.05, 4.69) is 0 Å². The van der Waals surface area contributed by atoms with Gasteiger partial charge in [-0.3, -0.25) is 4.79 Å². The predicted molar refractivity (Wildman–Crippen MR) is 138 cm³/mol. The van der Waals surface area contributed by atoms with Gasteiger partial charge in [-0.1, -0.05) is 47.5 Å². The van der Waals surface area contributed by atoms with Crippen LogP contribution in [0.15, 0.2) is 84.9 Å². The van der Waals surface area contributed by atoms with Crippen molar-refractivity contribution in [2.75, 3.05) is 14.2 Å². The Balaban J connectivity index is 2.01. The number of ether oxygens (including phenoxy) is 2. The first-order valence-corrected chi connectivity index (χ1v) is 11.8. The van der Waals surface area contributed by atoms with Gasteiger partial charge in [0.05, 0.1) is 26.1 Å². The van der Waals surface area contributed by atoms with Crippen LogP contribution < -0.4 is 9.47 Å². The Kier molecular flexibility index (Phi) is 7.92. The molecule has 0 aliphatic heterocycles. The number of carbonyl (C=O) groups is 1. The maximum absolute atomic E-state index is 14.6. The fourth-order valence-electron chi connectivity index (χ4n) is 4.39. The van der Waals surface area contributed by atoms with Crippen LogP contribution in [0, 0.1) is 11.6 Å². The minimum Gasteiger partial charge on any atom is -0.496 e. The Morgan fingerprint density at radius 3 is 1.44 bits per heavy atom. The molecule has 0 bridgehead atoms. The summed E-state index contributed by atoms with van der Waals surface area (Å²) in [4.78, 5) is 14.6. The van der Waals surface area contributed by atoms with Crippen molar-refractivity contribution < 1.29 is 23.0 Å². The first kappa shape index (κ1) is 25.7. The summed E-state index contributed by atoms with van der Waals surface area (Å²) in [7, 11) is 2.95. The molecule has 0 aliphatic carbocycles. The van der Waals surface area contributed by atoms with Gasteiger partial charge in [-0.15, -0.1) is 0 Å². The van der Waals surface area contributed by atoms with Crippen LogP contribution in [0.4, 0.5) is 8.78 Å². The lowest BCUT2D eigenvalue weighted by Gasteiger charge is -2.27. The standard InChI is InChI=1S/C29H22Cl2F2O3/c1-35-25-11-9-19(30)15-23(25)27(17-5-3-7-21(32)13-17)29(34)28(18-6-4-8-22(33)14-18)24-16-20(31)10-12-26(24)36-2/h3-16,27-28H,1-2H3. The van der Waals surface area contributed by atoms with E-state index in [4.69, 9.17) is 32.7 Å². The van der Waals surface area contributed by atoms with E-state index in [9.17, 15) is 13.6 Å². The molecule has 184 valence electrons. The van der Waals surface area contributed by atoms with Crippen LogP contribution >= 0.6 is 23.2 Å². The Bertz CT molecular complexity index is 1300. The fourth-order valence-corrected chi connectivity index (χ4v) is 4.76. The van der Waals surface area contributed by atoms with Gasteiger partial charge in [0.15, 0.2) is 5.78 Å². The Labute approximate surface area is 218 Å². The summed E-state index contributed by atoms with van der Waals surface area (Å²) in [6.45, 7) is 0. The molecular weight excluding hydrogens is 505 g/mol. The molecule has 0 amide bonds. The summed E-state index contributed by atoms with van der Waals surface area (Å²) < 4.78 is 39.9. The first-order valence-electron chi connectivity index (χ1n) is 11.0. The largest absolute Gasteiger partial charge is 0.496 e. The molecule has 3 nitrogen and oxygen atoms in total. The zero-order valence-corrected chi connectivity index (χ0v) is 21.0. The van der Waals surface area contributed by atoms with Crippen molar-refractivity contribution in [1.82, 2.24) is 0 Å². The van der Waals surface area contributed by atoms with E-state index in [0.717, 1.165) is 0 Å². The van der Waals surface area contributed by atoms with Crippen molar-refractivity contribution in [3.8, 4) is 11.5 Å². The van der Waals surface area contributed by atoms with Crippen molar-refractivity contribution >= 4 is 29.0 Å². The molecule has 0 saturated carbocycles. The van der Waals surface area contributed by atoms with Crippen LogP contribution in [0.1, 0.15) is 34.1 Å². The van der Waals surface area contributed by atoms with Gasteiger partial charge in [0, 0.05) is 21.2 Å². The average Bonchev–Trinajstić information content (AvgIpc) is 2.85. The summed E-state index contributed by atoms with van der Waals surface area (Å²) in [5.41, 5.74) is 1.68. The second-order valence-corrected chi connectivity index (χ2v) is 9.02. The molecule has 2 atom stereocenters. The van der Waals surface area contributed by atoms with Crippen LogP contribution in [0.5, 0.6) is 11.5 Å². The van der Waals surface area contributed by atoms with Gasteiger partial charge in [-0.05, 0) is 71.8 Å². The van der Waals surface area contributed by atoms with Gasteiger partial charge in [0.2, 0.25) is 0 Å². The number of hydrogen-bond donors (Lipinski definition) is 0. The molecule has 2 unspecified atom stereocenters. The minimum absolute atomic E-state index is 0.368. The number of Topliss-reactive ketones (excluding diaryl/α,β-unsaturated/α-hetero) is 1. The van der Waals surface area contributed by atoms with Gasteiger partial charge < -0.3 is 9.47 Å². The van der Waals surface area contributed by atoms with E-state index in [1.165, 1.54) is 50.6 Å². The van der Waals surface area contributed by atoms with E-state index in [0.29, 0.717) is 43.8 Å². The number of methoxy groups -OCH3 is 2. The van der Waals surface area contributed by atoms with E-state index in [1.807, 2.05) is 0 Å². The van der Waals surface area contributed by atoms with Gasteiger partial charge in [0.1, 0.15) is 23.1 Å². The molecule has 4 aromatic carbocycles. The monoisotopic (exact) mass is 526 g/mol. The van der Waals surface area contributed by atoms with Gasteiger partial charge in [-0.25, -0.2) is 8.78 Å². The lowest BCUT2D eigenvalue weighted by atomic mass is 9.76. The third-order valence-corrected chi connectivity index (χ3v) is 6.41. The molecule has 4 rings (SSSR count). The molecule has 7 heteroatoms. The summed E-state index contributed by atoms with van der Waals surface area (Å²) in [5, 5.41) is 0.755. The summed E-state index contributed by atoms with van der Waals surface area (Å²) in [6.07, 6.45) is 0. The molecular formula is C29H22Cl2F2O3. The van der Waals surface area contributed by atoms with Crippen LogP contribution in [0.2, 0.25) is 10.0 Å². The predicted octanol–water partition coefficient (Wildman–Crippen LogP) is 7.82. The van der Waals surface area contributed by atoms with Crippen molar-refractivity contribution in [3.05, 3.63) is 129 Å². The van der Waals surface area contributed by atoms with E-state index in [-0.39, 0.29) is 5.78 Å². The number of hydrogen-bond acceptors (Lipinski definition) is 3. The van der Waals surface area contributed by atoms with Crippen molar-refractivity contribution in [2.24, 2.45) is 0 Å². The van der Waals surface area contributed by atoms with Crippen LogP contribution in [0.25, 0.3) is 0 Å². The van der Waals surface area contributed by atoms with Crippen molar-refractivity contribution in [3.63, 3.8) is 0 Å². The number of benzene rings is 4. The number of ketones is 1. The highest BCUT2D eigenvalue weighted by Gasteiger charge is 2.35. The first-order chi connectivity index (χ1) is 17.3. The molecule has 0 heterocycles. The topological polar surface area (TPSA) is 35.5 Å². The van der Waals surface area contributed by atoms with Crippen LogP contribution in [0.3, 0.4) is 0 Å².